The van der Waals surface area contributed by atoms with Gasteiger partial charge in [0, 0.05) is 23.0 Å². The van der Waals surface area contributed by atoms with Crippen molar-refractivity contribution >= 4 is 17.3 Å². The second-order valence-corrected chi connectivity index (χ2v) is 6.58. The summed E-state index contributed by atoms with van der Waals surface area (Å²) in [4.78, 5) is 12.5. The van der Waals surface area contributed by atoms with E-state index in [0.717, 1.165) is 11.4 Å². The normalized spacial score (nSPS) is 14.5. The number of rotatable bonds is 6. The molecule has 0 spiro atoms. The third-order valence-corrected chi connectivity index (χ3v) is 4.76. The van der Waals surface area contributed by atoms with Crippen LogP contribution in [0.3, 0.4) is 0 Å². The molecular formula is C21H26N2O3. The van der Waals surface area contributed by atoms with E-state index in [9.17, 15) is 4.79 Å². The molecule has 1 amide bonds. The Labute approximate surface area is 154 Å². The van der Waals surface area contributed by atoms with Gasteiger partial charge < -0.3 is 20.1 Å². The molecule has 5 heteroatoms. The Hall–Kier alpha value is -2.69. The smallest absolute Gasteiger partial charge is 0.255 e. The number of amides is 1. The molecule has 1 aliphatic carbocycles. The first-order chi connectivity index (χ1) is 12.7. The minimum absolute atomic E-state index is 0.182. The highest BCUT2D eigenvalue weighted by Gasteiger charge is 2.13. The van der Waals surface area contributed by atoms with Crippen LogP contribution in [0, 0.1) is 0 Å². The van der Waals surface area contributed by atoms with E-state index in [1.165, 1.54) is 32.1 Å². The summed E-state index contributed by atoms with van der Waals surface area (Å²) >= 11 is 0. The van der Waals surface area contributed by atoms with E-state index in [2.05, 4.69) is 10.6 Å². The molecule has 0 radical (unpaired) electrons. The molecule has 0 saturated heterocycles. The van der Waals surface area contributed by atoms with Crippen molar-refractivity contribution in [3.63, 3.8) is 0 Å². The Kier molecular flexibility index (Phi) is 6.00. The molecular weight excluding hydrogens is 328 g/mol. The van der Waals surface area contributed by atoms with Crippen LogP contribution in [0.25, 0.3) is 0 Å². The molecule has 0 unspecified atom stereocenters. The number of benzene rings is 2. The van der Waals surface area contributed by atoms with Crippen molar-refractivity contribution in [2.24, 2.45) is 0 Å². The van der Waals surface area contributed by atoms with Crippen LogP contribution in [-0.2, 0) is 0 Å². The third-order valence-electron chi connectivity index (χ3n) is 4.76. The van der Waals surface area contributed by atoms with Gasteiger partial charge in [-0.3, -0.25) is 4.79 Å². The van der Waals surface area contributed by atoms with Crippen LogP contribution in [0.5, 0.6) is 11.5 Å². The number of anilines is 2. The van der Waals surface area contributed by atoms with Gasteiger partial charge >= 0.3 is 0 Å². The van der Waals surface area contributed by atoms with Gasteiger partial charge in [-0.05, 0) is 55.3 Å². The second kappa shape index (κ2) is 8.61. The summed E-state index contributed by atoms with van der Waals surface area (Å²) < 4.78 is 10.5. The number of ether oxygens (including phenoxy) is 2. The maximum atomic E-state index is 12.5. The van der Waals surface area contributed by atoms with Crippen LogP contribution in [0.1, 0.15) is 42.5 Å². The van der Waals surface area contributed by atoms with Gasteiger partial charge in [0.15, 0.2) is 11.5 Å². The van der Waals surface area contributed by atoms with Gasteiger partial charge in [0.05, 0.1) is 14.2 Å². The summed E-state index contributed by atoms with van der Waals surface area (Å²) in [5.74, 6) is 0.952. The Morgan fingerprint density at radius 2 is 1.54 bits per heavy atom. The summed E-state index contributed by atoms with van der Waals surface area (Å²) in [5, 5.41) is 6.49. The number of nitrogens with one attached hydrogen (secondary N) is 2. The van der Waals surface area contributed by atoms with E-state index >= 15 is 0 Å². The van der Waals surface area contributed by atoms with Crippen molar-refractivity contribution < 1.29 is 14.3 Å². The zero-order valence-corrected chi connectivity index (χ0v) is 15.4. The highest BCUT2D eigenvalue weighted by molar-refractivity contribution is 6.04. The number of carbonyl (C=O) groups is 1. The number of hydrogen-bond acceptors (Lipinski definition) is 4. The summed E-state index contributed by atoms with van der Waals surface area (Å²) in [6, 6.07) is 13.6. The quantitative estimate of drug-likeness (QED) is 0.789. The Bertz CT molecular complexity index is 737. The Balaban J connectivity index is 1.62. The molecule has 3 rings (SSSR count). The molecule has 5 nitrogen and oxygen atoms in total. The minimum atomic E-state index is -0.182. The molecule has 1 aliphatic rings. The van der Waals surface area contributed by atoms with Gasteiger partial charge in [-0.25, -0.2) is 0 Å². The van der Waals surface area contributed by atoms with Gasteiger partial charge in [0.1, 0.15) is 0 Å². The summed E-state index contributed by atoms with van der Waals surface area (Å²) in [5.41, 5.74) is 2.38. The van der Waals surface area contributed by atoms with Crippen molar-refractivity contribution in [1.82, 2.24) is 0 Å². The lowest BCUT2D eigenvalue weighted by Crippen LogP contribution is -2.22. The molecule has 0 bridgehead atoms. The molecule has 2 aromatic rings. The van der Waals surface area contributed by atoms with Crippen LogP contribution in [0.2, 0.25) is 0 Å². The van der Waals surface area contributed by atoms with E-state index in [0.29, 0.717) is 23.1 Å². The molecule has 1 fully saturated rings. The standard InChI is InChI=1S/C21H26N2O3/c1-25-19-13-8-15(14-20(19)26-2)21(24)23-18-11-9-17(10-12-18)22-16-6-4-3-5-7-16/h8-14,16,22H,3-7H2,1-2H3,(H,23,24). The fraction of sp³-hybridized carbons (Fsp3) is 0.381. The first-order valence-corrected chi connectivity index (χ1v) is 9.09. The van der Waals surface area contributed by atoms with Crippen molar-refractivity contribution in [1.29, 1.82) is 0 Å². The second-order valence-electron chi connectivity index (χ2n) is 6.58. The minimum Gasteiger partial charge on any atom is -0.493 e. The number of hydrogen-bond donors (Lipinski definition) is 2. The molecule has 2 aromatic carbocycles. The molecule has 26 heavy (non-hydrogen) atoms. The lowest BCUT2D eigenvalue weighted by Gasteiger charge is -2.23. The van der Waals surface area contributed by atoms with Gasteiger partial charge in [0.25, 0.3) is 5.91 Å². The SMILES string of the molecule is COc1ccc(C(=O)Nc2ccc(NC3CCCCC3)cc2)cc1OC. The van der Waals surface area contributed by atoms with Crippen molar-refractivity contribution in [3.8, 4) is 11.5 Å². The predicted octanol–water partition coefficient (Wildman–Crippen LogP) is 4.70. The highest BCUT2D eigenvalue weighted by Crippen LogP contribution is 2.28. The molecule has 2 N–H and O–H groups in total. The largest absolute Gasteiger partial charge is 0.493 e. The average molecular weight is 354 g/mol. The van der Waals surface area contributed by atoms with Gasteiger partial charge in [-0.1, -0.05) is 19.3 Å². The molecule has 0 aliphatic heterocycles. The Morgan fingerprint density at radius 3 is 2.19 bits per heavy atom. The number of methoxy groups -OCH3 is 2. The third kappa shape index (κ3) is 4.48. The highest BCUT2D eigenvalue weighted by atomic mass is 16.5. The van der Waals surface area contributed by atoms with Crippen LogP contribution >= 0.6 is 0 Å². The summed E-state index contributed by atoms with van der Waals surface area (Å²) in [7, 11) is 3.12. The average Bonchev–Trinajstić information content (AvgIpc) is 2.69. The lowest BCUT2D eigenvalue weighted by atomic mass is 9.95. The van der Waals surface area contributed by atoms with Crippen LogP contribution < -0.4 is 20.1 Å². The molecule has 0 aromatic heterocycles. The maximum Gasteiger partial charge on any atom is 0.255 e. The summed E-state index contributed by atoms with van der Waals surface area (Å²) in [6.07, 6.45) is 6.42. The van der Waals surface area contributed by atoms with E-state index in [-0.39, 0.29) is 5.91 Å². The van der Waals surface area contributed by atoms with Crippen molar-refractivity contribution in [2.75, 3.05) is 24.9 Å². The first kappa shape index (κ1) is 18.1. The molecule has 0 heterocycles. The van der Waals surface area contributed by atoms with Crippen LogP contribution in [0.15, 0.2) is 42.5 Å². The maximum absolute atomic E-state index is 12.5. The summed E-state index contributed by atoms with van der Waals surface area (Å²) in [6.45, 7) is 0. The van der Waals surface area contributed by atoms with Crippen LogP contribution in [-0.4, -0.2) is 26.2 Å². The van der Waals surface area contributed by atoms with Crippen molar-refractivity contribution in [2.45, 2.75) is 38.1 Å². The molecule has 138 valence electrons. The number of carbonyl (C=O) groups excluding carboxylic acids is 1. The molecule has 0 atom stereocenters. The lowest BCUT2D eigenvalue weighted by molar-refractivity contribution is 0.102. The van der Waals surface area contributed by atoms with E-state index in [1.54, 1.807) is 32.4 Å². The van der Waals surface area contributed by atoms with Crippen LogP contribution in [0.4, 0.5) is 11.4 Å². The fourth-order valence-corrected chi connectivity index (χ4v) is 3.31. The zero-order chi connectivity index (χ0) is 18.4. The fourth-order valence-electron chi connectivity index (χ4n) is 3.31. The molecule has 1 saturated carbocycles. The zero-order valence-electron chi connectivity index (χ0n) is 15.4. The van der Waals surface area contributed by atoms with Gasteiger partial charge in [0.2, 0.25) is 0 Å². The van der Waals surface area contributed by atoms with Gasteiger partial charge in [-0.15, -0.1) is 0 Å². The topological polar surface area (TPSA) is 59.6 Å². The predicted molar refractivity (Wildman–Crippen MR) is 104 cm³/mol. The Morgan fingerprint density at radius 1 is 0.885 bits per heavy atom. The first-order valence-electron chi connectivity index (χ1n) is 9.09. The van der Waals surface area contributed by atoms with Gasteiger partial charge in [-0.2, -0.15) is 0 Å². The van der Waals surface area contributed by atoms with E-state index in [1.807, 2.05) is 24.3 Å². The van der Waals surface area contributed by atoms with E-state index < -0.39 is 0 Å². The van der Waals surface area contributed by atoms with E-state index in [4.69, 9.17) is 9.47 Å². The monoisotopic (exact) mass is 354 g/mol. The van der Waals surface area contributed by atoms with Crippen molar-refractivity contribution in [3.05, 3.63) is 48.0 Å².